The van der Waals surface area contributed by atoms with Crippen molar-refractivity contribution in [3.63, 3.8) is 0 Å². The van der Waals surface area contributed by atoms with Crippen LogP contribution < -0.4 is 14.2 Å². The number of carbonyl (C=O) groups excluding carboxylic acids is 1. The van der Waals surface area contributed by atoms with Crippen LogP contribution in [0.3, 0.4) is 0 Å². The molecule has 0 N–H and O–H groups in total. The first kappa shape index (κ1) is 24.7. The molecule has 176 valence electrons. The molecule has 0 aliphatic rings. The summed E-state index contributed by atoms with van der Waals surface area (Å²) >= 11 is 6.07. The van der Waals surface area contributed by atoms with E-state index < -0.39 is 17.3 Å². The Hall–Kier alpha value is -3.98. The van der Waals surface area contributed by atoms with Gasteiger partial charge >= 0.3 is 6.61 Å². The molecule has 3 aromatic carbocycles. The van der Waals surface area contributed by atoms with E-state index in [1.54, 1.807) is 24.3 Å². The van der Waals surface area contributed by atoms with Crippen molar-refractivity contribution >= 4 is 29.1 Å². The molecule has 7 nitrogen and oxygen atoms in total. The highest BCUT2D eigenvalue weighted by atomic mass is 35.5. The highest BCUT2D eigenvalue weighted by Crippen LogP contribution is 2.30. The van der Waals surface area contributed by atoms with Gasteiger partial charge in [-0.15, -0.1) is 0 Å². The van der Waals surface area contributed by atoms with Crippen molar-refractivity contribution in [2.45, 2.75) is 13.2 Å². The number of hydrogen-bond acceptors (Lipinski definition) is 6. The van der Waals surface area contributed by atoms with E-state index >= 15 is 0 Å². The molecule has 0 saturated carbocycles. The number of ether oxygens (including phenoxy) is 3. The molecule has 0 aliphatic heterocycles. The van der Waals surface area contributed by atoms with Gasteiger partial charge in [0.2, 0.25) is 0 Å². The molecule has 3 rings (SSSR count). The number of non-ortho nitro benzene ring substituents is 1. The molecule has 0 atom stereocenters. The number of halogens is 3. The summed E-state index contributed by atoms with van der Waals surface area (Å²) in [4.78, 5) is 22.7. The van der Waals surface area contributed by atoms with Crippen molar-refractivity contribution in [3.05, 3.63) is 98.6 Å². The monoisotopic (exact) mass is 489 g/mol. The number of carbonyl (C=O) groups is 1. The number of allylic oxidation sites excluding steroid dienone is 1. The molecule has 0 spiro atoms. The number of alkyl halides is 2. The number of nitro benzene ring substituents is 1. The van der Waals surface area contributed by atoms with Gasteiger partial charge in [-0.05, 0) is 42.0 Å². The quantitative estimate of drug-likeness (QED) is 0.143. The van der Waals surface area contributed by atoms with Crippen molar-refractivity contribution in [3.8, 4) is 17.2 Å². The fraction of sp³-hybridized carbons (Fsp3) is 0.125. The first-order valence-corrected chi connectivity index (χ1v) is 10.2. The van der Waals surface area contributed by atoms with Crippen molar-refractivity contribution in [2.24, 2.45) is 0 Å². The van der Waals surface area contributed by atoms with Crippen molar-refractivity contribution < 1.29 is 32.7 Å². The van der Waals surface area contributed by atoms with Crippen LogP contribution in [0.5, 0.6) is 17.2 Å². The van der Waals surface area contributed by atoms with Gasteiger partial charge in [0, 0.05) is 23.3 Å². The maximum Gasteiger partial charge on any atom is 0.387 e. The van der Waals surface area contributed by atoms with E-state index in [0.29, 0.717) is 16.9 Å². The topological polar surface area (TPSA) is 87.9 Å². The second-order valence-electron chi connectivity index (χ2n) is 6.84. The van der Waals surface area contributed by atoms with Gasteiger partial charge in [0.15, 0.2) is 5.78 Å². The first-order chi connectivity index (χ1) is 16.3. The maximum absolute atomic E-state index is 12.4. The third-order valence-electron chi connectivity index (χ3n) is 4.58. The van der Waals surface area contributed by atoms with Crippen molar-refractivity contribution in [2.75, 3.05) is 7.11 Å². The molecule has 0 heterocycles. The van der Waals surface area contributed by atoms with Gasteiger partial charge in [-0.1, -0.05) is 35.9 Å². The molecule has 0 bridgehead atoms. The van der Waals surface area contributed by atoms with Crippen molar-refractivity contribution in [1.82, 2.24) is 0 Å². The van der Waals surface area contributed by atoms with Crippen LogP contribution in [0.4, 0.5) is 14.5 Å². The van der Waals surface area contributed by atoms with Gasteiger partial charge in [-0.25, -0.2) is 0 Å². The lowest BCUT2D eigenvalue weighted by molar-refractivity contribution is -0.384. The van der Waals surface area contributed by atoms with Gasteiger partial charge in [0.25, 0.3) is 5.69 Å². The molecule has 0 saturated heterocycles. The predicted molar refractivity (Wildman–Crippen MR) is 122 cm³/mol. The summed E-state index contributed by atoms with van der Waals surface area (Å²) < 4.78 is 40.1. The number of nitrogens with zero attached hydrogens (tertiary/aromatic N) is 1. The molecule has 0 fully saturated rings. The van der Waals surface area contributed by atoms with Gasteiger partial charge in [-0.2, -0.15) is 8.78 Å². The number of hydrogen-bond donors (Lipinski definition) is 0. The number of rotatable bonds is 10. The van der Waals surface area contributed by atoms with Crippen LogP contribution in [0.1, 0.15) is 21.5 Å². The van der Waals surface area contributed by atoms with E-state index in [1.807, 2.05) is 0 Å². The normalized spacial score (nSPS) is 11.0. The zero-order chi connectivity index (χ0) is 24.7. The van der Waals surface area contributed by atoms with Crippen LogP contribution in [0.15, 0.2) is 66.7 Å². The molecule has 10 heteroatoms. The summed E-state index contributed by atoms with van der Waals surface area (Å²) in [5.41, 5.74) is 1.33. The SMILES string of the molecule is COc1ccc(/C=C/C(=O)c2cccc(OC(F)F)c2)cc1COc1ccc([N+](=O)[O-])cc1Cl. The average molecular weight is 490 g/mol. The summed E-state index contributed by atoms with van der Waals surface area (Å²) in [6, 6.07) is 14.5. The van der Waals surface area contributed by atoms with E-state index in [1.165, 1.54) is 55.7 Å². The number of benzene rings is 3. The summed E-state index contributed by atoms with van der Waals surface area (Å²) in [5.74, 6) is 0.281. The van der Waals surface area contributed by atoms with E-state index in [0.717, 1.165) is 0 Å². The Kier molecular flexibility index (Phi) is 8.15. The zero-order valence-corrected chi connectivity index (χ0v) is 18.5. The number of ketones is 1. The van der Waals surface area contributed by atoms with Gasteiger partial charge in [0.05, 0.1) is 17.1 Å². The molecule has 3 aromatic rings. The summed E-state index contributed by atoms with van der Waals surface area (Å²) in [6.07, 6.45) is 2.87. The summed E-state index contributed by atoms with van der Waals surface area (Å²) in [6.45, 7) is -2.94. The third-order valence-corrected chi connectivity index (χ3v) is 4.88. The average Bonchev–Trinajstić information content (AvgIpc) is 2.81. The Balaban J connectivity index is 1.74. The molecule has 0 amide bonds. The lowest BCUT2D eigenvalue weighted by Gasteiger charge is -2.12. The maximum atomic E-state index is 12.4. The Morgan fingerprint density at radius 1 is 1.12 bits per heavy atom. The van der Waals surface area contributed by atoms with Crippen LogP contribution in [-0.4, -0.2) is 24.4 Å². The smallest absolute Gasteiger partial charge is 0.387 e. The Morgan fingerprint density at radius 2 is 1.88 bits per heavy atom. The lowest BCUT2D eigenvalue weighted by atomic mass is 10.1. The molecule has 34 heavy (non-hydrogen) atoms. The fourth-order valence-electron chi connectivity index (χ4n) is 2.98. The lowest BCUT2D eigenvalue weighted by Crippen LogP contribution is -2.03. The Morgan fingerprint density at radius 3 is 2.56 bits per heavy atom. The molecular formula is C24H18ClF2NO6. The predicted octanol–water partition coefficient (Wildman–Crippen LogP) is 6.33. The van der Waals surface area contributed by atoms with Gasteiger partial charge in [-0.3, -0.25) is 14.9 Å². The van der Waals surface area contributed by atoms with Crippen LogP contribution in [-0.2, 0) is 6.61 Å². The largest absolute Gasteiger partial charge is 0.496 e. The Labute approximate surface area is 198 Å². The van der Waals surface area contributed by atoms with Crippen LogP contribution in [0.2, 0.25) is 5.02 Å². The van der Waals surface area contributed by atoms with E-state index in [9.17, 15) is 23.7 Å². The summed E-state index contributed by atoms with van der Waals surface area (Å²) in [7, 11) is 1.49. The van der Waals surface area contributed by atoms with Crippen LogP contribution in [0, 0.1) is 10.1 Å². The number of methoxy groups -OCH3 is 1. The highest BCUT2D eigenvalue weighted by molar-refractivity contribution is 6.32. The summed E-state index contributed by atoms with van der Waals surface area (Å²) in [5, 5.41) is 10.9. The van der Waals surface area contributed by atoms with Crippen LogP contribution >= 0.6 is 11.6 Å². The molecule has 0 unspecified atom stereocenters. The molecule has 0 aliphatic carbocycles. The third kappa shape index (κ3) is 6.52. The zero-order valence-electron chi connectivity index (χ0n) is 17.7. The minimum absolute atomic E-state index is 0.0450. The molecule has 0 aromatic heterocycles. The molecular weight excluding hydrogens is 472 g/mol. The van der Waals surface area contributed by atoms with Gasteiger partial charge in [0.1, 0.15) is 23.9 Å². The van der Waals surface area contributed by atoms with E-state index in [4.69, 9.17) is 21.1 Å². The first-order valence-electron chi connectivity index (χ1n) is 9.77. The minimum atomic E-state index is -2.98. The standard InChI is InChI=1S/C24H18ClF2NO6/c1-32-22-9-6-15(5-8-21(29)16-3-2-4-19(12-16)34-24(26)27)11-17(22)14-33-23-10-7-18(28(30)31)13-20(23)25/h2-13,24H,14H2,1H3/b8-5+. The number of nitro groups is 1. The van der Waals surface area contributed by atoms with E-state index in [-0.39, 0.29) is 34.4 Å². The highest BCUT2D eigenvalue weighted by Gasteiger charge is 2.12. The Bertz CT molecular complexity index is 1230. The van der Waals surface area contributed by atoms with Crippen LogP contribution in [0.25, 0.3) is 6.08 Å². The van der Waals surface area contributed by atoms with Crippen molar-refractivity contribution in [1.29, 1.82) is 0 Å². The van der Waals surface area contributed by atoms with Gasteiger partial charge < -0.3 is 14.2 Å². The molecule has 0 radical (unpaired) electrons. The second kappa shape index (κ2) is 11.2. The fourth-order valence-corrected chi connectivity index (χ4v) is 3.21. The second-order valence-corrected chi connectivity index (χ2v) is 7.24. The minimum Gasteiger partial charge on any atom is -0.496 e. The van der Waals surface area contributed by atoms with E-state index in [2.05, 4.69) is 4.74 Å².